The number of carbonyl (C=O) groups excluding carboxylic acids is 1. The zero-order chi connectivity index (χ0) is 25.0. The van der Waals surface area contributed by atoms with Gasteiger partial charge in [0.1, 0.15) is 0 Å². The molecule has 3 heterocycles. The predicted molar refractivity (Wildman–Crippen MR) is 134 cm³/mol. The third-order valence-corrected chi connectivity index (χ3v) is 6.95. The van der Waals surface area contributed by atoms with Crippen LogP contribution in [0.2, 0.25) is 0 Å². The lowest BCUT2D eigenvalue weighted by Gasteiger charge is -2.29. The van der Waals surface area contributed by atoms with Crippen molar-refractivity contribution in [3.8, 4) is 0 Å². The third kappa shape index (κ3) is 2.97. The SMILES string of the molecule is O=C(O)Cc1c(C2(c3[nH]c4ccccc4c3CC(=O)O)C(=O)Nc3ccccc32)[nH]c2ccccc12. The Hall–Kier alpha value is -4.85. The summed E-state index contributed by atoms with van der Waals surface area (Å²) in [7, 11) is 0. The fourth-order valence-electron chi connectivity index (χ4n) is 5.59. The Labute approximate surface area is 204 Å². The van der Waals surface area contributed by atoms with Gasteiger partial charge in [-0.15, -0.1) is 0 Å². The summed E-state index contributed by atoms with van der Waals surface area (Å²) >= 11 is 0. The van der Waals surface area contributed by atoms with Crippen LogP contribution in [0.1, 0.15) is 28.1 Å². The van der Waals surface area contributed by atoms with Crippen molar-refractivity contribution in [3.05, 3.63) is 101 Å². The predicted octanol–water partition coefficient (Wildman–Crippen LogP) is 4.19. The molecule has 0 unspecified atom stereocenters. The van der Waals surface area contributed by atoms with Crippen molar-refractivity contribution in [1.29, 1.82) is 0 Å². The van der Waals surface area contributed by atoms with E-state index >= 15 is 0 Å². The number of carboxylic acids is 2. The molecule has 178 valence electrons. The Morgan fingerprint density at radius 3 is 1.69 bits per heavy atom. The topological polar surface area (TPSA) is 135 Å². The molecule has 8 nitrogen and oxygen atoms in total. The van der Waals surface area contributed by atoms with Gasteiger partial charge in [0.15, 0.2) is 5.41 Å². The molecular formula is C28H21N3O5. The summed E-state index contributed by atoms with van der Waals surface area (Å²) in [5.41, 5.74) is 2.83. The van der Waals surface area contributed by atoms with Crippen LogP contribution in [0.5, 0.6) is 0 Å². The smallest absolute Gasteiger partial charge is 0.307 e. The number of rotatable bonds is 6. The lowest BCUT2D eigenvalue weighted by Crippen LogP contribution is -2.40. The van der Waals surface area contributed by atoms with Gasteiger partial charge < -0.3 is 25.5 Å². The van der Waals surface area contributed by atoms with E-state index in [1.807, 2.05) is 66.7 Å². The van der Waals surface area contributed by atoms with Crippen molar-refractivity contribution in [1.82, 2.24) is 9.97 Å². The molecule has 2 aromatic heterocycles. The summed E-state index contributed by atoms with van der Waals surface area (Å²) < 4.78 is 0. The van der Waals surface area contributed by atoms with E-state index < -0.39 is 17.4 Å². The van der Waals surface area contributed by atoms with Crippen LogP contribution in [0, 0.1) is 0 Å². The number of carbonyl (C=O) groups is 3. The van der Waals surface area contributed by atoms with Crippen LogP contribution in [-0.4, -0.2) is 38.0 Å². The quantitative estimate of drug-likeness (QED) is 0.249. The fourth-order valence-corrected chi connectivity index (χ4v) is 5.59. The number of carboxylic acid groups (broad SMARTS) is 2. The average molecular weight is 479 g/mol. The molecule has 3 aromatic carbocycles. The first-order chi connectivity index (χ1) is 17.4. The second-order valence-electron chi connectivity index (χ2n) is 8.94. The zero-order valence-corrected chi connectivity index (χ0v) is 19.0. The van der Waals surface area contributed by atoms with E-state index in [-0.39, 0.29) is 18.7 Å². The van der Waals surface area contributed by atoms with E-state index in [1.165, 1.54) is 0 Å². The Balaban J connectivity index is 1.80. The van der Waals surface area contributed by atoms with Gasteiger partial charge in [0.2, 0.25) is 5.91 Å². The highest BCUT2D eigenvalue weighted by molar-refractivity contribution is 6.13. The molecule has 0 aliphatic carbocycles. The molecule has 0 radical (unpaired) electrons. The molecule has 0 saturated heterocycles. The van der Waals surface area contributed by atoms with Crippen LogP contribution in [0.25, 0.3) is 21.8 Å². The number of para-hydroxylation sites is 3. The van der Waals surface area contributed by atoms with Crippen molar-refractivity contribution < 1.29 is 24.6 Å². The lowest BCUT2D eigenvalue weighted by atomic mass is 9.72. The maximum Gasteiger partial charge on any atom is 0.307 e. The second-order valence-corrected chi connectivity index (χ2v) is 8.94. The molecular weight excluding hydrogens is 458 g/mol. The van der Waals surface area contributed by atoms with Crippen LogP contribution >= 0.6 is 0 Å². The molecule has 0 spiro atoms. The van der Waals surface area contributed by atoms with Crippen molar-refractivity contribution in [2.75, 3.05) is 5.32 Å². The molecule has 6 rings (SSSR count). The number of H-pyrrole nitrogens is 2. The van der Waals surface area contributed by atoms with Crippen molar-refractivity contribution in [3.63, 3.8) is 0 Å². The Morgan fingerprint density at radius 2 is 1.17 bits per heavy atom. The number of hydrogen-bond donors (Lipinski definition) is 5. The summed E-state index contributed by atoms with van der Waals surface area (Å²) in [5.74, 6) is -2.46. The molecule has 36 heavy (non-hydrogen) atoms. The largest absolute Gasteiger partial charge is 0.481 e. The minimum Gasteiger partial charge on any atom is -0.481 e. The van der Waals surface area contributed by atoms with Crippen LogP contribution < -0.4 is 5.32 Å². The third-order valence-electron chi connectivity index (χ3n) is 6.95. The molecule has 5 N–H and O–H groups in total. The fraction of sp³-hybridized carbons (Fsp3) is 0.107. The Morgan fingerprint density at radius 1 is 0.694 bits per heavy atom. The van der Waals surface area contributed by atoms with Crippen LogP contribution in [0.3, 0.4) is 0 Å². The lowest BCUT2D eigenvalue weighted by molar-refractivity contribution is -0.137. The van der Waals surface area contributed by atoms with Gasteiger partial charge in [-0.3, -0.25) is 14.4 Å². The van der Waals surface area contributed by atoms with E-state index in [0.29, 0.717) is 55.6 Å². The van der Waals surface area contributed by atoms with E-state index in [4.69, 9.17) is 0 Å². The van der Waals surface area contributed by atoms with Crippen molar-refractivity contribution in [2.24, 2.45) is 0 Å². The van der Waals surface area contributed by atoms with E-state index in [2.05, 4.69) is 15.3 Å². The first-order valence-electron chi connectivity index (χ1n) is 11.5. The number of fused-ring (bicyclic) bond motifs is 3. The molecule has 1 aliphatic rings. The number of nitrogens with one attached hydrogen (secondary N) is 3. The summed E-state index contributed by atoms with van der Waals surface area (Å²) in [5, 5.41) is 24.0. The summed E-state index contributed by atoms with van der Waals surface area (Å²) in [6, 6.07) is 21.8. The molecule has 0 atom stereocenters. The van der Waals surface area contributed by atoms with Crippen LogP contribution in [0.15, 0.2) is 72.8 Å². The van der Waals surface area contributed by atoms with Crippen LogP contribution in [0.4, 0.5) is 5.69 Å². The molecule has 8 heteroatoms. The van der Waals surface area contributed by atoms with Gasteiger partial charge in [-0.25, -0.2) is 0 Å². The molecule has 0 saturated carbocycles. The molecule has 1 amide bonds. The average Bonchev–Trinajstić information content (AvgIpc) is 3.49. The highest BCUT2D eigenvalue weighted by Crippen LogP contribution is 2.51. The number of anilines is 1. The summed E-state index contributed by atoms with van der Waals surface area (Å²) in [6.45, 7) is 0. The number of amides is 1. The normalized spacial score (nSPS) is 14.2. The van der Waals surface area contributed by atoms with Gasteiger partial charge in [-0.05, 0) is 29.3 Å². The summed E-state index contributed by atoms with van der Waals surface area (Å²) in [6.07, 6.45) is -0.629. The minimum atomic E-state index is -1.52. The Bertz CT molecular complexity index is 1620. The van der Waals surface area contributed by atoms with E-state index in [0.717, 1.165) is 0 Å². The number of aliphatic carboxylic acids is 2. The van der Waals surface area contributed by atoms with Gasteiger partial charge >= 0.3 is 11.9 Å². The van der Waals surface area contributed by atoms with Crippen LogP contribution in [-0.2, 0) is 32.6 Å². The van der Waals surface area contributed by atoms with Crippen molar-refractivity contribution >= 4 is 45.3 Å². The molecule has 1 aliphatic heterocycles. The standard InChI is InChI=1S/C28H21N3O5/c32-23(33)13-17-15-7-1-4-10-20(15)29-25(17)28(19-9-3-6-12-22(19)31-27(28)36)26-18(14-24(34)35)16-8-2-5-11-21(16)30-26/h1-12,29-30H,13-14H2,(H,31,36)(H,32,33)(H,34,35). The molecule has 0 bridgehead atoms. The van der Waals surface area contributed by atoms with Gasteiger partial charge in [0, 0.05) is 44.4 Å². The maximum absolute atomic E-state index is 14.1. The summed E-state index contributed by atoms with van der Waals surface area (Å²) in [4.78, 5) is 44.8. The van der Waals surface area contributed by atoms with E-state index in [1.54, 1.807) is 6.07 Å². The molecule has 5 aromatic rings. The monoisotopic (exact) mass is 479 g/mol. The number of aromatic nitrogens is 2. The Kier molecular flexibility index (Phi) is 4.72. The second kappa shape index (κ2) is 7.84. The maximum atomic E-state index is 14.1. The van der Waals surface area contributed by atoms with Crippen molar-refractivity contribution in [2.45, 2.75) is 18.3 Å². The first-order valence-corrected chi connectivity index (χ1v) is 11.5. The highest BCUT2D eigenvalue weighted by atomic mass is 16.4. The zero-order valence-electron chi connectivity index (χ0n) is 19.0. The minimum absolute atomic E-state index is 0.314. The van der Waals surface area contributed by atoms with Gasteiger partial charge in [-0.2, -0.15) is 0 Å². The number of aromatic amines is 2. The highest BCUT2D eigenvalue weighted by Gasteiger charge is 2.54. The molecule has 0 fully saturated rings. The van der Waals surface area contributed by atoms with Gasteiger partial charge in [-0.1, -0.05) is 54.6 Å². The van der Waals surface area contributed by atoms with Gasteiger partial charge in [0.05, 0.1) is 12.8 Å². The number of hydrogen-bond acceptors (Lipinski definition) is 3. The number of benzene rings is 3. The van der Waals surface area contributed by atoms with Gasteiger partial charge in [0.25, 0.3) is 0 Å². The first kappa shape index (κ1) is 21.7. The van der Waals surface area contributed by atoms with E-state index in [9.17, 15) is 24.6 Å².